The van der Waals surface area contributed by atoms with Gasteiger partial charge in [0.15, 0.2) is 11.5 Å². The fourth-order valence-electron chi connectivity index (χ4n) is 1.32. The maximum absolute atomic E-state index is 11.4. The maximum atomic E-state index is 11.4. The van der Waals surface area contributed by atoms with Crippen LogP contribution in [0, 0.1) is 0 Å². The Bertz CT molecular complexity index is 462. The van der Waals surface area contributed by atoms with Crippen molar-refractivity contribution in [3.63, 3.8) is 0 Å². The molecule has 104 valence electrons. The molecule has 7 nitrogen and oxygen atoms in total. The molecule has 0 unspecified atom stereocenters. The summed E-state index contributed by atoms with van der Waals surface area (Å²) < 4.78 is 4.56. The molecular weight excluding hydrogens is 248 g/mol. The van der Waals surface area contributed by atoms with Gasteiger partial charge in [0.25, 0.3) is 0 Å². The van der Waals surface area contributed by atoms with Crippen LogP contribution in [-0.4, -0.2) is 37.1 Å². The Morgan fingerprint density at radius 1 is 1.42 bits per heavy atom. The number of carbonyl (C=O) groups excluding carboxylic acids is 2. The molecule has 0 radical (unpaired) electrons. The van der Waals surface area contributed by atoms with Gasteiger partial charge in [-0.05, 0) is 18.6 Å². The Hall–Kier alpha value is -2.31. The Balaban J connectivity index is 2.67. The largest absolute Gasteiger partial charge is 0.464 e. The number of aromatic nitrogens is 1. The number of rotatable bonds is 6. The zero-order valence-electron chi connectivity index (χ0n) is 11.0. The summed E-state index contributed by atoms with van der Waals surface area (Å²) in [5.74, 6) is -0.431. The smallest absolute Gasteiger partial charge is 0.356 e. The van der Waals surface area contributed by atoms with Gasteiger partial charge in [-0.25, -0.2) is 9.78 Å². The number of nitrogens with zero attached hydrogens (tertiary/aromatic N) is 1. The van der Waals surface area contributed by atoms with E-state index in [2.05, 4.69) is 20.4 Å². The predicted molar refractivity (Wildman–Crippen MR) is 71.8 cm³/mol. The second kappa shape index (κ2) is 7.20. The minimum atomic E-state index is -0.557. The Morgan fingerprint density at radius 3 is 2.79 bits per heavy atom. The topological polar surface area (TPSA) is 106 Å². The van der Waals surface area contributed by atoms with E-state index in [9.17, 15) is 9.59 Å². The van der Waals surface area contributed by atoms with Crippen molar-refractivity contribution < 1.29 is 14.3 Å². The number of methoxy groups -OCH3 is 1. The van der Waals surface area contributed by atoms with Gasteiger partial charge in [-0.2, -0.15) is 0 Å². The van der Waals surface area contributed by atoms with Crippen molar-refractivity contribution in [1.82, 2.24) is 10.3 Å². The molecule has 1 aromatic rings. The molecule has 7 heteroatoms. The number of nitrogens with two attached hydrogens (primary N) is 1. The molecule has 0 saturated heterocycles. The first-order chi connectivity index (χ1) is 9.08. The molecule has 0 fully saturated rings. The van der Waals surface area contributed by atoms with E-state index in [1.54, 1.807) is 0 Å². The summed E-state index contributed by atoms with van der Waals surface area (Å²) in [4.78, 5) is 26.8. The lowest BCUT2D eigenvalue weighted by Gasteiger charge is -2.09. The summed E-state index contributed by atoms with van der Waals surface area (Å²) in [6.45, 7) is 2.63. The van der Waals surface area contributed by atoms with E-state index >= 15 is 0 Å². The van der Waals surface area contributed by atoms with Gasteiger partial charge in [0.05, 0.1) is 19.3 Å². The molecule has 0 aliphatic rings. The molecule has 0 atom stereocenters. The lowest BCUT2D eigenvalue weighted by molar-refractivity contribution is -0.119. The van der Waals surface area contributed by atoms with Crippen LogP contribution >= 0.6 is 0 Å². The van der Waals surface area contributed by atoms with Crippen molar-refractivity contribution in [2.75, 3.05) is 31.2 Å². The van der Waals surface area contributed by atoms with Crippen LogP contribution in [0.15, 0.2) is 12.1 Å². The summed E-state index contributed by atoms with van der Waals surface area (Å²) in [6.07, 6.45) is 0.865. The van der Waals surface area contributed by atoms with Gasteiger partial charge in [0.2, 0.25) is 5.91 Å². The number of pyridine rings is 1. The third-order valence-corrected chi connectivity index (χ3v) is 2.31. The van der Waals surface area contributed by atoms with Crippen LogP contribution in [0.5, 0.6) is 0 Å². The number of amides is 1. The Kier molecular flexibility index (Phi) is 5.59. The zero-order chi connectivity index (χ0) is 14.3. The molecule has 0 aromatic carbocycles. The third-order valence-electron chi connectivity index (χ3n) is 2.31. The first kappa shape index (κ1) is 14.7. The van der Waals surface area contributed by atoms with Gasteiger partial charge in [-0.3, -0.25) is 4.79 Å². The number of hydrogen-bond donors (Lipinski definition) is 3. The van der Waals surface area contributed by atoms with Crippen molar-refractivity contribution in [1.29, 1.82) is 0 Å². The fourth-order valence-corrected chi connectivity index (χ4v) is 1.32. The van der Waals surface area contributed by atoms with Crippen molar-refractivity contribution in [2.45, 2.75) is 13.3 Å². The second-order valence-electron chi connectivity index (χ2n) is 3.83. The monoisotopic (exact) mass is 266 g/mol. The van der Waals surface area contributed by atoms with Gasteiger partial charge in [0, 0.05) is 6.54 Å². The molecule has 0 bridgehead atoms. The van der Waals surface area contributed by atoms with E-state index in [-0.39, 0.29) is 24.0 Å². The van der Waals surface area contributed by atoms with Crippen LogP contribution in [0.4, 0.5) is 11.5 Å². The fraction of sp³-hybridized carbons (Fsp3) is 0.417. The van der Waals surface area contributed by atoms with Crippen molar-refractivity contribution in [3.8, 4) is 0 Å². The molecule has 0 saturated carbocycles. The molecular formula is C12H18N4O3. The molecule has 0 spiro atoms. The molecule has 19 heavy (non-hydrogen) atoms. The van der Waals surface area contributed by atoms with Crippen molar-refractivity contribution in [2.24, 2.45) is 0 Å². The van der Waals surface area contributed by atoms with Gasteiger partial charge < -0.3 is 21.1 Å². The summed E-state index contributed by atoms with van der Waals surface area (Å²) in [5.41, 5.74) is 6.20. The summed E-state index contributed by atoms with van der Waals surface area (Å²) >= 11 is 0. The minimum absolute atomic E-state index is 0.0435. The minimum Gasteiger partial charge on any atom is -0.464 e. The highest BCUT2D eigenvalue weighted by molar-refractivity contribution is 5.89. The highest BCUT2D eigenvalue weighted by Crippen LogP contribution is 2.15. The van der Waals surface area contributed by atoms with Crippen LogP contribution < -0.4 is 16.4 Å². The first-order valence-corrected chi connectivity index (χ1v) is 5.93. The second-order valence-corrected chi connectivity index (χ2v) is 3.83. The standard InChI is InChI=1S/C12H18N4O3/c1-3-6-14-10(17)7-15-11-8(13)4-5-9(16-11)12(18)19-2/h4-5H,3,6-7,13H2,1-2H3,(H,14,17)(H,15,16). The van der Waals surface area contributed by atoms with Gasteiger partial charge in [0.1, 0.15) is 0 Å². The zero-order valence-corrected chi connectivity index (χ0v) is 11.0. The first-order valence-electron chi connectivity index (χ1n) is 5.93. The van der Waals surface area contributed by atoms with Crippen LogP contribution in [0.25, 0.3) is 0 Å². The highest BCUT2D eigenvalue weighted by Gasteiger charge is 2.11. The van der Waals surface area contributed by atoms with Gasteiger partial charge >= 0.3 is 5.97 Å². The van der Waals surface area contributed by atoms with E-state index in [1.165, 1.54) is 19.2 Å². The van der Waals surface area contributed by atoms with Crippen LogP contribution in [0.2, 0.25) is 0 Å². The molecule has 1 amide bonds. The number of carbonyl (C=O) groups is 2. The lowest BCUT2D eigenvalue weighted by Crippen LogP contribution is -2.30. The van der Waals surface area contributed by atoms with Gasteiger partial charge in [-0.15, -0.1) is 0 Å². The van der Waals surface area contributed by atoms with Crippen LogP contribution in [0.1, 0.15) is 23.8 Å². The van der Waals surface area contributed by atoms with Crippen LogP contribution in [0.3, 0.4) is 0 Å². The van der Waals surface area contributed by atoms with E-state index in [0.29, 0.717) is 12.2 Å². The lowest BCUT2D eigenvalue weighted by atomic mass is 10.3. The Labute approximate surface area is 111 Å². The number of nitrogen functional groups attached to an aromatic ring is 1. The third kappa shape index (κ3) is 4.46. The van der Waals surface area contributed by atoms with Crippen molar-refractivity contribution in [3.05, 3.63) is 17.8 Å². The predicted octanol–water partition coefficient (Wildman–Crippen LogP) is 0.388. The molecule has 4 N–H and O–H groups in total. The molecule has 1 rings (SSSR count). The molecule has 0 aliphatic heterocycles. The molecule has 0 aliphatic carbocycles. The maximum Gasteiger partial charge on any atom is 0.356 e. The van der Waals surface area contributed by atoms with E-state index < -0.39 is 5.97 Å². The summed E-state index contributed by atoms with van der Waals surface area (Å²) in [6, 6.07) is 3.00. The average molecular weight is 266 g/mol. The molecule has 1 aromatic heterocycles. The number of esters is 1. The van der Waals surface area contributed by atoms with Crippen LogP contribution in [-0.2, 0) is 9.53 Å². The average Bonchev–Trinajstić information content (AvgIpc) is 2.43. The molecule has 1 heterocycles. The SMILES string of the molecule is CCCNC(=O)CNc1nc(C(=O)OC)ccc1N. The van der Waals surface area contributed by atoms with Gasteiger partial charge in [-0.1, -0.05) is 6.92 Å². The normalized spacial score (nSPS) is 9.79. The van der Waals surface area contributed by atoms with Crippen molar-refractivity contribution >= 4 is 23.4 Å². The quantitative estimate of drug-likeness (QED) is 0.643. The number of ether oxygens (including phenoxy) is 1. The number of nitrogens with one attached hydrogen (secondary N) is 2. The van der Waals surface area contributed by atoms with E-state index in [4.69, 9.17) is 5.73 Å². The van der Waals surface area contributed by atoms with E-state index in [1.807, 2.05) is 6.92 Å². The van der Waals surface area contributed by atoms with E-state index in [0.717, 1.165) is 6.42 Å². The Morgan fingerprint density at radius 2 is 2.16 bits per heavy atom. The summed E-state index contributed by atoms with van der Waals surface area (Å²) in [7, 11) is 1.27. The highest BCUT2D eigenvalue weighted by atomic mass is 16.5. The summed E-state index contributed by atoms with van der Waals surface area (Å²) in [5, 5.41) is 5.49. The number of hydrogen-bond acceptors (Lipinski definition) is 6. The number of anilines is 2.